The molecule has 1 fully saturated rings. The van der Waals surface area contributed by atoms with Crippen molar-refractivity contribution in [3.05, 3.63) is 35.9 Å². The second kappa shape index (κ2) is 6.02. The van der Waals surface area contributed by atoms with Gasteiger partial charge in [-0.05, 0) is 38.4 Å². The van der Waals surface area contributed by atoms with E-state index in [4.69, 9.17) is 4.74 Å². The van der Waals surface area contributed by atoms with Crippen molar-refractivity contribution in [1.29, 1.82) is 0 Å². The highest BCUT2D eigenvalue weighted by Gasteiger charge is 2.18. The monoisotopic (exact) mass is 219 g/mol. The first-order valence-corrected chi connectivity index (χ1v) is 6.29. The summed E-state index contributed by atoms with van der Waals surface area (Å²) < 4.78 is 5.85. The van der Waals surface area contributed by atoms with Gasteiger partial charge in [-0.1, -0.05) is 30.3 Å². The minimum absolute atomic E-state index is 0.240. The third kappa shape index (κ3) is 3.06. The fourth-order valence-electron chi connectivity index (χ4n) is 2.32. The average Bonchev–Trinajstić information content (AvgIpc) is 2.83. The second-order valence-corrected chi connectivity index (χ2v) is 4.36. The van der Waals surface area contributed by atoms with Gasteiger partial charge in [0.2, 0.25) is 0 Å². The zero-order chi connectivity index (χ0) is 11.2. The van der Waals surface area contributed by atoms with Crippen LogP contribution in [0, 0.1) is 0 Å². The fourth-order valence-corrected chi connectivity index (χ4v) is 2.32. The molecular formula is C14H21NO. The standard InChI is InChI=1S/C14H21NO/c1-2-16-14(12-15-10-6-7-11-15)13-8-4-3-5-9-13/h3-5,8-9,14H,2,6-7,10-12H2,1H3/t14-/m0/s1. The van der Waals surface area contributed by atoms with Crippen LogP contribution in [0.15, 0.2) is 30.3 Å². The zero-order valence-corrected chi connectivity index (χ0v) is 10.1. The maximum absolute atomic E-state index is 5.85. The van der Waals surface area contributed by atoms with Crippen molar-refractivity contribution in [2.45, 2.75) is 25.9 Å². The highest BCUT2D eigenvalue weighted by Crippen LogP contribution is 2.20. The molecule has 16 heavy (non-hydrogen) atoms. The van der Waals surface area contributed by atoms with Gasteiger partial charge in [0.25, 0.3) is 0 Å². The van der Waals surface area contributed by atoms with Crippen LogP contribution in [0.1, 0.15) is 31.4 Å². The van der Waals surface area contributed by atoms with Gasteiger partial charge in [0.15, 0.2) is 0 Å². The Labute approximate surface area is 98.2 Å². The van der Waals surface area contributed by atoms with Gasteiger partial charge in [0, 0.05) is 13.2 Å². The summed E-state index contributed by atoms with van der Waals surface area (Å²) in [6.45, 7) is 6.36. The number of rotatable bonds is 5. The van der Waals surface area contributed by atoms with Crippen LogP contribution in [0.4, 0.5) is 0 Å². The molecule has 0 spiro atoms. The first-order chi connectivity index (χ1) is 7.90. The number of nitrogens with zero attached hydrogens (tertiary/aromatic N) is 1. The third-order valence-corrected chi connectivity index (χ3v) is 3.16. The lowest BCUT2D eigenvalue weighted by atomic mass is 10.1. The summed E-state index contributed by atoms with van der Waals surface area (Å²) in [5.41, 5.74) is 1.30. The summed E-state index contributed by atoms with van der Waals surface area (Å²) in [5, 5.41) is 0. The van der Waals surface area contributed by atoms with Crippen molar-refractivity contribution in [2.75, 3.05) is 26.2 Å². The normalized spacial score (nSPS) is 18.8. The molecule has 1 atom stereocenters. The summed E-state index contributed by atoms with van der Waals surface area (Å²) in [6, 6.07) is 10.6. The predicted molar refractivity (Wildman–Crippen MR) is 66.5 cm³/mol. The van der Waals surface area contributed by atoms with E-state index in [0.717, 1.165) is 13.2 Å². The molecule has 88 valence electrons. The molecule has 1 aromatic rings. The minimum atomic E-state index is 0.240. The largest absolute Gasteiger partial charge is 0.372 e. The van der Waals surface area contributed by atoms with Gasteiger partial charge < -0.3 is 9.64 Å². The molecule has 0 unspecified atom stereocenters. The number of likely N-dealkylation sites (tertiary alicyclic amines) is 1. The molecule has 0 aliphatic carbocycles. The van der Waals surface area contributed by atoms with E-state index in [1.807, 2.05) is 0 Å². The van der Waals surface area contributed by atoms with Gasteiger partial charge in [0.05, 0.1) is 6.10 Å². The molecule has 1 aromatic carbocycles. The number of hydrogen-bond acceptors (Lipinski definition) is 2. The Hall–Kier alpha value is -0.860. The smallest absolute Gasteiger partial charge is 0.0951 e. The van der Waals surface area contributed by atoms with Crippen molar-refractivity contribution >= 4 is 0 Å². The van der Waals surface area contributed by atoms with E-state index in [1.165, 1.54) is 31.5 Å². The summed E-state index contributed by atoms with van der Waals surface area (Å²) >= 11 is 0. The highest BCUT2D eigenvalue weighted by molar-refractivity contribution is 5.18. The average molecular weight is 219 g/mol. The molecule has 1 aliphatic heterocycles. The Kier molecular flexibility index (Phi) is 4.37. The van der Waals surface area contributed by atoms with Crippen molar-refractivity contribution in [2.24, 2.45) is 0 Å². The van der Waals surface area contributed by atoms with Crippen LogP contribution in [-0.4, -0.2) is 31.1 Å². The van der Waals surface area contributed by atoms with Gasteiger partial charge in [-0.2, -0.15) is 0 Å². The predicted octanol–water partition coefficient (Wildman–Crippen LogP) is 2.86. The van der Waals surface area contributed by atoms with E-state index in [1.54, 1.807) is 0 Å². The number of ether oxygens (including phenoxy) is 1. The summed E-state index contributed by atoms with van der Waals surface area (Å²) in [5.74, 6) is 0. The molecule has 0 radical (unpaired) electrons. The van der Waals surface area contributed by atoms with Crippen molar-refractivity contribution in [3.8, 4) is 0 Å². The van der Waals surface area contributed by atoms with E-state index >= 15 is 0 Å². The van der Waals surface area contributed by atoms with Gasteiger partial charge in [0.1, 0.15) is 0 Å². The second-order valence-electron chi connectivity index (χ2n) is 4.36. The molecule has 0 amide bonds. The van der Waals surface area contributed by atoms with Gasteiger partial charge in [-0.15, -0.1) is 0 Å². The zero-order valence-electron chi connectivity index (χ0n) is 10.1. The maximum atomic E-state index is 5.85. The molecule has 1 saturated heterocycles. The Morgan fingerprint density at radius 3 is 2.50 bits per heavy atom. The molecular weight excluding hydrogens is 198 g/mol. The molecule has 0 N–H and O–H groups in total. The van der Waals surface area contributed by atoms with E-state index in [2.05, 4.69) is 42.2 Å². The van der Waals surface area contributed by atoms with Crippen LogP contribution in [0.2, 0.25) is 0 Å². The Bertz CT molecular complexity index is 293. The van der Waals surface area contributed by atoms with Crippen molar-refractivity contribution < 1.29 is 4.74 Å². The van der Waals surface area contributed by atoms with Crippen molar-refractivity contribution in [1.82, 2.24) is 4.90 Å². The topological polar surface area (TPSA) is 12.5 Å². The number of hydrogen-bond donors (Lipinski definition) is 0. The quantitative estimate of drug-likeness (QED) is 0.755. The van der Waals surface area contributed by atoms with Gasteiger partial charge in [-0.25, -0.2) is 0 Å². The van der Waals surface area contributed by atoms with E-state index in [-0.39, 0.29) is 6.10 Å². The Morgan fingerprint density at radius 1 is 1.19 bits per heavy atom. The Morgan fingerprint density at radius 2 is 1.88 bits per heavy atom. The summed E-state index contributed by atoms with van der Waals surface area (Å²) in [6.07, 6.45) is 2.92. The molecule has 1 aliphatic rings. The van der Waals surface area contributed by atoms with Crippen LogP contribution >= 0.6 is 0 Å². The summed E-state index contributed by atoms with van der Waals surface area (Å²) in [4.78, 5) is 2.51. The summed E-state index contributed by atoms with van der Waals surface area (Å²) in [7, 11) is 0. The minimum Gasteiger partial charge on any atom is -0.372 e. The van der Waals surface area contributed by atoms with Crippen LogP contribution < -0.4 is 0 Å². The van der Waals surface area contributed by atoms with Crippen LogP contribution in [0.5, 0.6) is 0 Å². The van der Waals surface area contributed by atoms with Gasteiger partial charge >= 0.3 is 0 Å². The van der Waals surface area contributed by atoms with Crippen LogP contribution in [-0.2, 0) is 4.74 Å². The van der Waals surface area contributed by atoms with Crippen LogP contribution in [0.25, 0.3) is 0 Å². The molecule has 2 rings (SSSR count). The molecule has 0 saturated carbocycles. The number of benzene rings is 1. The molecule has 1 heterocycles. The lowest BCUT2D eigenvalue weighted by Gasteiger charge is -2.23. The van der Waals surface area contributed by atoms with E-state index in [9.17, 15) is 0 Å². The van der Waals surface area contributed by atoms with E-state index in [0.29, 0.717) is 0 Å². The SMILES string of the molecule is CCO[C@@H](CN1CCCC1)c1ccccc1. The van der Waals surface area contributed by atoms with Crippen LogP contribution in [0.3, 0.4) is 0 Å². The molecule has 2 nitrogen and oxygen atoms in total. The third-order valence-electron chi connectivity index (χ3n) is 3.16. The van der Waals surface area contributed by atoms with Crippen molar-refractivity contribution in [3.63, 3.8) is 0 Å². The lowest BCUT2D eigenvalue weighted by Crippen LogP contribution is -2.27. The maximum Gasteiger partial charge on any atom is 0.0951 e. The van der Waals surface area contributed by atoms with Gasteiger partial charge in [-0.3, -0.25) is 0 Å². The fraction of sp³-hybridized carbons (Fsp3) is 0.571. The molecule has 0 aromatic heterocycles. The molecule has 0 bridgehead atoms. The molecule has 2 heteroatoms. The first kappa shape index (κ1) is 11.6. The van der Waals surface area contributed by atoms with E-state index < -0.39 is 0 Å². The highest BCUT2D eigenvalue weighted by atomic mass is 16.5. The first-order valence-electron chi connectivity index (χ1n) is 6.29. The Balaban J connectivity index is 1.99. The lowest BCUT2D eigenvalue weighted by molar-refractivity contribution is 0.0379.